The highest BCUT2D eigenvalue weighted by Crippen LogP contribution is 2.24. The number of carbonyl (C=O) groups excluding carboxylic acids is 1. The first-order valence-corrected chi connectivity index (χ1v) is 7.20. The average Bonchev–Trinajstić information content (AvgIpc) is 2.36. The molecule has 1 fully saturated rings. The zero-order valence-corrected chi connectivity index (χ0v) is 12.0. The van der Waals surface area contributed by atoms with Crippen molar-refractivity contribution < 1.29 is 9.90 Å². The van der Waals surface area contributed by atoms with Crippen LogP contribution in [-0.2, 0) is 4.79 Å². The van der Waals surface area contributed by atoms with E-state index in [-0.39, 0.29) is 12.5 Å². The first kappa shape index (κ1) is 15.4. The van der Waals surface area contributed by atoms with E-state index < -0.39 is 5.54 Å². The SMILES string of the molecule is CCNC(C)(C)C(=O)N(CCO)C1CCCCC1. The third-order valence-corrected chi connectivity index (χ3v) is 3.77. The number of nitrogens with one attached hydrogen (secondary N) is 1. The molecule has 106 valence electrons. The van der Waals surface area contributed by atoms with E-state index in [0.29, 0.717) is 12.6 Å². The molecule has 1 aliphatic carbocycles. The van der Waals surface area contributed by atoms with Crippen molar-refractivity contribution in [3.8, 4) is 0 Å². The van der Waals surface area contributed by atoms with Gasteiger partial charge < -0.3 is 15.3 Å². The van der Waals surface area contributed by atoms with Gasteiger partial charge in [0, 0.05) is 12.6 Å². The van der Waals surface area contributed by atoms with Crippen LogP contribution in [0.5, 0.6) is 0 Å². The molecule has 4 heteroatoms. The van der Waals surface area contributed by atoms with Crippen molar-refractivity contribution in [2.75, 3.05) is 19.7 Å². The number of aliphatic hydroxyl groups excluding tert-OH is 1. The average molecular weight is 256 g/mol. The summed E-state index contributed by atoms with van der Waals surface area (Å²) >= 11 is 0. The molecular formula is C14H28N2O2. The molecule has 0 aromatic carbocycles. The van der Waals surface area contributed by atoms with E-state index in [0.717, 1.165) is 19.4 Å². The van der Waals surface area contributed by atoms with Crippen molar-refractivity contribution in [1.29, 1.82) is 0 Å². The maximum Gasteiger partial charge on any atom is 0.242 e. The summed E-state index contributed by atoms with van der Waals surface area (Å²) in [7, 11) is 0. The number of carbonyl (C=O) groups is 1. The zero-order valence-electron chi connectivity index (χ0n) is 12.0. The Morgan fingerprint density at radius 3 is 2.44 bits per heavy atom. The van der Waals surface area contributed by atoms with Crippen molar-refractivity contribution >= 4 is 5.91 Å². The third kappa shape index (κ3) is 3.95. The normalized spacial score (nSPS) is 17.8. The molecule has 0 unspecified atom stereocenters. The predicted octanol–water partition coefficient (Wildman–Crippen LogP) is 1.53. The molecule has 0 radical (unpaired) electrons. The maximum atomic E-state index is 12.6. The topological polar surface area (TPSA) is 52.6 Å². The summed E-state index contributed by atoms with van der Waals surface area (Å²) in [6, 6.07) is 0.316. The van der Waals surface area contributed by atoms with Crippen molar-refractivity contribution in [1.82, 2.24) is 10.2 Å². The molecule has 1 saturated carbocycles. The predicted molar refractivity (Wildman–Crippen MR) is 73.4 cm³/mol. The van der Waals surface area contributed by atoms with Gasteiger partial charge in [-0.15, -0.1) is 0 Å². The van der Waals surface area contributed by atoms with Crippen molar-refractivity contribution in [2.45, 2.75) is 64.5 Å². The summed E-state index contributed by atoms with van der Waals surface area (Å²) in [4.78, 5) is 14.5. The fourth-order valence-electron chi connectivity index (χ4n) is 2.83. The molecule has 0 bridgehead atoms. The summed E-state index contributed by atoms with van der Waals surface area (Å²) in [5, 5.41) is 12.4. The van der Waals surface area contributed by atoms with Gasteiger partial charge in [-0.2, -0.15) is 0 Å². The highest BCUT2D eigenvalue weighted by molar-refractivity contribution is 5.85. The van der Waals surface area contributed by atoms with Gasteiger partial charge in [0.05, 0.1) is 12.1 Å². The van der Waals surface area contributed by atoms with Gasteiger partial charge in [0.15, 0.2) is 0 Å². The van der Waals surface area contributed by atoms with Crippen molar-refractivity contribution in [3.05, 3.63) is 0 Å². The van der Waals surface area contributed by atoms with E-state index in [9.17, 15) is 9.90 Å². The number of amides is 1. The largest absolute Gasteiger partial charge is 0.395 e. The Balaban J connectivity index is 2.73. The van der Waals surface area contributed by atoms with Crippen LogP contribution in [-0.4, -0.2) is 47.2 Å². The summed E-state index contributed by atoms with van der Waals surface area (Å²) in [5.74, 6) is 0.116. The quantitative estimate of drug-likeness (QED) is 0.758. The fourth-order valence-corrected chi connectivity index (χ4v) is 2.83. The number of rotatable bonds is 6. The lowest BCUT2D eigenvalue weighted by Gasteiger charge is -2.39. The van der Waals surface area contributed by atoms with Crippen LogP contribution in [0.2, 0.25) is 0 Å². The molecule has 0 aliphatic heterocycles. The van der Waals surface area contributed by atoms with E-state index >= 15 is 0 Å². The lowest BCUT2D eigenvalue weighted by atomic mass is 9.92. The highest BCUT2D eigenvalue weighted by Gasteiger charge is 2.34. The summed E-state index contributed by atoms with van der Waals surface area (Å²) in [5.41, 5.74) is -0.540. The second-order valence-electron chi connectivity index (χ2n) is 5.67. The monoisotopic (exact) mass is 256 g/mol. The minimum Gasteiger partial charge on any atom is -0.395 e. The second-order valence-corrected chi connectivity index (χ2v) is 5.67. The Labute approximate surface area is 111 Å². The number of likely N-dealkylation sites (N-methyl/N-ethyl adjacent to an activating group) is 1. The Kier molecular flexibility index (Phi) is 6.09. The summed E-state index contributed by atoms with van der Waals surface area (Å²) < 4.78 is 0. The Hall–Kier alpha value is -0.610. The van der Waals surface area contributed by atoms with Gasteiger partial charge in [0.25, 0.3) is 0 Å². The first-order valence-electron chi connectivity index (χ1n) is 7.20. The van der Waals surface area contributed by atoms with Crippen LogP contribution in [0.1, 0.15) is 52.9 Å². The van der Waals surface area contributed by atoms with Crippen LogP contribution in [0.3, 0.4) is 0 Å². The molecule has 1 aliphatic rings. The van der Waals surface area contributed by atoms with Crippen LogP contribution < -0.4 is 5.32 Å². The molecule has 0 saturated heterocycles. The smallest absolute Gasteiger partial charge is 0.242 e. The van der Waals surface area contributed by atoms with Gasteiger partial charge in [-0.25, -0.2) is 0 Å². The van der Waals surface area contributed by atoms with Gasteiger partial charge in [-0.05, 0) is 33.2 Å². The van der Waals surface area contributed by atoms with Gasteiger partial charge in [0.2, 0.25) is 5.91 Å². The molecule has 0 atom stereocenters. The molecule has 0 heterocycles. The van der Waals surface area contributed by atoms with Crippen molar-refractivity contribution in [3.63, 3.8) is 0 Å². The molecular weight excluding hydrogens is 228 g/mol. The summed E-state index contributed by atoms with van der Waals surface area (Å²) in [6.45, 7) is 7.13. The lowest BCUT2D eigenvalue weighted by molar-refractivity contribution is -0.140. The number of aliphatic hydroxyl groups is 1. The van der Waals surface area contributed by atoms with Crippen LogP contribution in [0.4, 0.5) is 0 Å². The molecule has 4 nitrogen and oxygen atoms in total. The van der Waals surface area contributed by atoms with Gasteiger partial charge in [-0.3, -0.25) is 4.79 Å². The first-order chi connectivity index (χ1) is 8.53. The molecule has 0 aromatic rings. The van der Waals surface area contributed by atoms with Crippen molar-refractivity contribution in [2.24, 2.45) is 0 Å². The molecule has 1 rings (SSSR count). The molecule has 18 heavy (non-hydrogen) atoms. The third-order valence-electron chi connectivity index (χ3n) is 3.77. The van der Waals surface area contributed by atoms with Crippen LogP contribution >= 0.6 is 0 Å². The zero-order chi connectivity index (χ0) is 13.6. The lowest BCUT2D eigenvalue weighted by Crippen LogP contribution is -2.57. The minimum absolute atomic E-state index is 0.0461. The molecule has 2 N–H and O–H groups in total. The van der Waals surface area contributed by atoms with Gasteiger partial charge in [-0.1, -0.05) is 26.2 Å². The Morgan fingerprint density at radius 2 is 1.94 bits per heavy atom. The maximum absolute atomic E-state index is 12.6. The highest BCUT2D eigenvalue weighted by atomic mass is 16.3. The second kappa shape index (κ2) is 7.10. The fraction of sp³-hybridized carbons (Fsp3) is 0.929. The van der Waals surface area contributed by atoms with Gasteiger partial charge >= 0.3 is 0 Å². The molecule has 0 aromatic heterocycles. The van der Waals surface area contributed by atoms with E-state index in [1.165, 1.54) is 19.3 Å². The number of hydrogen-bond donors (Lipinski definition) is 2. The van der Waals surface area contributed by atoms with Crippen LogP contribution in [0, 0.1) is 0 Å². The van der Waals surface area contributed by atoms with E-state index in [2.05, 4.69) is 5.32 Å². The van der Waals surface area contributed by atoms with Gasteiger partial charge in [0.1, 0.15) is 0 Å². The summed E-state index contributed by atoms with van der Waals surface area (Å²) in [6.07, 6.45) is 5.82. The Bertz CT molecular complexity index is 261. The van der Waals surface area contributed by atoms with E-state index in [1.807, 2.05) is 25.7 Å². The minimum atomic E-state index is -0.540. The number of nitrogens with zero attached hydrogens (tertiary/aromatic N) is 1. The number of hydrogen-bond acceptors (Lipinski definition) is 3. The Morgan fingerprint density at radius 1 is 1.33 bits per heavy atom. The standard InChI is InChI=1S/C14H28N2O2/c1-4-15-14(2,3)13(18)16(10-11-17)12-8-6-5-7-9-12/h12,15,17H,4-11H2,1-3H3. The van der Waals surface area contributed by atoms with Crippen LogP contribution in [0.25, 0.3) is 0 Å². The molecule has 0 spiro atoms. The van der Waals surface area contributed by atoms with E-state index in [1.54, 1.807) is 0 Å². The van der Waals surface area contributed by atoms with E-state index in [4.69, 9.17) is 0 Å². The van der Waals surface area contributed by atoms with Crippen LogP contribution in [0.15, 0.2) is 0 Å². The molecule has 1 amide bonds.